The lowest BCUT2D eigenvalue weighted by Crippen LogP contribution is -2.64. The van der Waals surface area contributed by atoms with Crippen molar-refractivity contribution < 1.29 is 17.9 Å². The normalized spacial score (nSPS) is 26.6. The third kappa shape index (κ3) is 3.00. The van der Waals surface area contributed by atoms with Gasteiger partial charge in [0.2, 0.25) is 15.9 Å². The van der Waals surface area contributed by atoms with Crippen LogP contribution in [0.4, 0.5) is 0 Å². The van der Waals surface area contributed by atoms with E-state index in [1.165, 1.54) is 11.4 Å². The molecule has 3 atom stereocenters. The van der Waals surface area contributed by atoms with Crippen LogP contribution in [0, 0.1) is 0 Å². The monoisotopic (exact) mass is 340 g/mol. The molecule has 1 aliphatic heterocycles. The van der Waals surface area contributed by atoms with Gasteiger partial charge in [0.1, 0.15) is 6.04 Å². The number of amides is 1. The number of hydrogen-bond donors (Lipinski definition) is 0. The Hall–Kier alpha value is -1.44. The summed E-state index contributed by atoms with van der Waals surface area (Å²) in [5.41, 5.74) is 0.591. The van der Waals surface area contributed by atoms with Crippen LogP contribution in [0.3, 0.4) is 0 Å². The lowest BCUT2D eigenvalue weighted by molar-refractivity contribution is -0.141. The van der Waals surface area contributed by atoms with Gasteiger partial charge < -0.3 is 9.64 Å². The van der Waals surface area contributed by atoms with Gasteiger partial charge in [-0.2, -0.15) is 4.31 Å². The van der Waals surface area contributed by atoms with Gasteiger partial charge in [0.15, 0.2) is 0 Å². The van der Waals surface area contributed by atoms with E-state index < -0.39 is 16.1 Å². The zero-order valence-corrected chi connectivity index (χ0v) is 15.0. The smallest absolute Gasteiger partial charge is 0.244 e. The summed E-state index contributed by atoms with van der Waals surface area (Å²) in [5.74, 6) is -0.191. The lowest BCUT2D eigenvalue weighted by Gasteiger charge is -2.45. The van der Waals surface area contributed by atoms with Crippen LogP contribution in [0.15, 0.2) is 29.2 Å². The molecule has 2 rings (SSSR count). The van der Waals surface area contributed by atoms with Gasteiger partial charge in [0.05, 0.1) is 11.5 Å². The first-order valence-corrected chi connectivity index (χ1v) is 9.04. The van der Waals surface area contributed by atoms with Gasteiger partial charge in [-0.15, -0.1) is 0 Å². The van der Waals surface area contributed by atoms with Gasteiger partial charge in [-0.05, 0) is 32.4 Å². The Balaban J connectivity index is 2.52. The van der Waals surface area contributed by atoms with Crippen LogP contribution in [0.25, 0.3) is 0 Å². The van der Waals surface area contributed by atoms with Crippen molar-refractivity contribution in [2.45, 2.75) is 50.4 Å². The molecule has 0 aliphatic carbocycles. The molecule has 0 N–H and O–H groups in total. The second-order valence-electron chi connectivity index (χ2n) is 5.98. The Morgan fingerprint density at radius 2 is 1.74 bits per heavy atom. The van der Waals surface area contributed by atoms with Crippen molar-refractivity contribution >= 4 is 15.9 Å². The van der Waals surface area contributed by atoms with Gasteiger partial charge in [0, 0.05) is 26.2 Å². The van der Waals surface area contributed by atoms with Crippen LogP contribution in [-0.4, -0.2) is 55.8 Å². The van der Waals surface area contributed by atoms with Crippen molar-refractivity contribution in [1.29, 1.82) is 0 Å². The maximum absolute atomic E-state index is 13.2. The molecular weight excluding hydrogens is 316 g/mol. The maximum Gasteiger partial charge on any atom is 0.244 e. The highest BCUT2D eigenvalue weighted by Gasteiger charge is 2.46. The average molecular weight is 340 g/mol. The molecule has 6 nitrogen and oxygen atoms in total. The first-order valence-electron chi connectivity index (χ1n) is 7.60. The van der Waals surface area contributed by atoms with E-state index in [-0.39, 0.29) is 29.5 Å². The van der Waals surface area contributed by atoms with Crippen molar-refractivity contribution in [1.82, 2.24) is 9.21 Å². The molecular formula is C16H24N2O4S. The first-order chi connectivity index (χ1) is 10.7. The summed E-state index contributed by atoms with van der Waals surface area (Å²) >= 11 is 0. The molecule has 1 amide bonds. The zero-order valence-electron chi connectivity index (χ0n) is 14.2. The SMILES string of the molecule is COCc1ccccc1S(=O)(=O)N1C(C)C(=O)N(C)C(C)C1C. The minimum absolute atomic E-state index is 0.191. The van der Waals surface area contributed by atoms with E-state index in [0.29, 0.717) is 5.56 Å². The van der Waals surface area contributed by atoms with Crippen molar-refractivity contribution in [2.75, 3.05) is 14.2 Å². The molecule has 1 saturated heterocycles. The molecule has 23 heavy (non-hydrogen) atoms. The molecule has 1 aromatic carbocycles. The first kappa shape index (κ1) is 17.9. The number of rotatable bonds is 4. The molecule has 7 heteroatoms. The van der Waals surface area contributed by atoms with E-state index >= 15 is 0 Å². The van der Waals surface area contributed by atoms with E-state index in [4.69, 9.17) is 4.74 Å². The van der Waals surface area contributed by atoms with Crippen LogP contribution in [0.1, 0.15) is 26.3 Å². The molecule has 128 valence electrons. The summed E-state index contributed by atoms with van der Waals surface area (Å²) in [7, 11) is -0.562. The van der Waals surface area contributed by atoms with Gasteiger partial charge in [-0.1, -0.05) is 18.2 Å². The lowest BCUT2D eigenvalue weighted by atomic mass is 10.0. The summed E-state index contributed by atoms with van der Waals surface area (Å²) in [5, 5.41) is 0. The highest BCUT2D eigenvalue weighted by Crippen LogP contribution is 2.30. The zero-order chi connectivity index (χ0) is 17.4. The van der Waals surface area contributed by atoms with Gasteiger partial charge in [-0.3, -0.25) is 4.79 Å². The van der Waals surface area contributed by atoms with E-state index in [9.17, 15) is 13.2 Å². The van der Waals surface area contributed by atoms with Gasteiger partial charge in [0.25, 0.3) is 0 Å². The Bertz CT molecular complexity index is 689. The highest BCUT2D eigenvalue weighted by molar-refractivity contribution is 7.89. The molecule has 0 spiro atoms. The average Bonchev–Trinajstić information content (AvgIpc) is 2.52. The summed E-state index contributed by atoms with van der Waals surface area (Å²) < 4.78 is 32.8. The van der Waals surface area contributed by atoms with E-state index in [0.717, 1.165) is 0 Å². The maximum atomic E-state index is 13.2. The predicted octanol–water partition coefficient (Wildman–Crippen LogP) is 1.46. The third-order valence-electron chi connectivity index (χ3n) is 4.63. The fourth-order valence-electron chi connectivity index (χ4n) is 3.06. The largest absolute Gasteiger partial charge is 0.380 e. The van der Waals surface area contributed by atoms with E-state index in [2.05, 4.69) is 0 Å². The number of benzene rings is 1. The quantitative estimate of drug-likeness (QED) is 0.832. The Morgan fingerprint density at radius 3 is 2.35 bits per heavy atom. The molecule has 0 radical (unpaired) electrons. The predicted molar refractivity (Wildman–Crippen MR) is 87.3 cm³/mol. The summed E-state index contributed by atoms with van der Waals surface area (Å²) in [6.07, 6.45) is 0. The fourth-order valence-corrected chi connectivity index (χ4v) is 5.12. The van der Waals surface area contributed by atoms with Crippen LogP contribution in [-0.2, 0) is 26.2 Å². The van der Waals surface area contributed by atoms with E-state index in [1.807, 2.05) is 13.8 Å². The Kier molecular flexibility index (Phi) is 5.13. The Morgan fingerprint density at radius 1 is 1.13 bits per heavy atom. The molecule has 1 aromatic rings. The van der Waals surface area contributed by atoms with Crippen molar-refractivity contribution in [3.8, 4) is 0 Å². The van der Waals surface area contributed by atoms with Crippen LogP contribution >= 0.6 is 0 Å². The van der Waals surface area contributed by atoms with Gasteiger partial charge in [-0.25, -0.2) is 8.42 Å². The standard InChI is InChI=1S/C16H24N2O4S/c1-11-12(2)18(13(3)16(19)17(11)4)23(20,21)15-9-7-6-8-14(15)10-22-5/h6-9,11-13H,10H2,1-5H3. The summed E-state index contributed by atoms with van der Waals surface area (Å²) in [4.78, 5) is 14.2. The molecule has 0 aromatic heterocycles. The minimum atomic E-state index is -3.80. The number of carbonyl (C=O) groups excluding carboxylic acids is 1. The number of carbonyl (C=O) groups is 1. The highest BCUT2D eigenvalue weighted by atomic mass is 32.2. The Labute approximate surface area is 138 Å². The minimum Gasteiger partial charge on any atom is -0.380 e. The van der Waals surface area contributed by atoms with E-state index in [1.54, 1.807) is 43.1 Å². The molecule has 0 bridgehead atoms. The molecule has 1 heterocycles. The second-order valence-corrected chi connectivity index (χ2v) is 7.79. The number of ether oxygens (including phenoxy) is 1. The number of piperazine rings is 1. The molecule has 1 aliphatic rings. The fraction of sp³-hybridized carbons (Fsp3) is 0.562. The van der Waals surface area contributed by atoms with Crippen molar-refractivity contribution in [3.05, 3.63) is 29.8 Å². The topological polar surface area (TPSA) is 66.9 Å². The number of nitrogens with zero attached hydrogens (tertiary/aromatic N) is 2. The van der Waals surface area contributed by atoms with Crippen LogP contribution in [0.2, 0.25) is 0 Å². The van der Waals surface area contributed by atoms with Gasteiger partial charge >= 0.3 is 0 Å². The van der Waals surface area contributed by atoms with Crippen molar-refractivity contribution in [2.24, 2.45) is 0 Å². The molecule has 3 unspecified atom stereocenters. The van der Waals surface area contributed by atoms with Crippen molar-refractivity contribution in [3.63, 3.8) is 0 Å². The molecule has 0 saturated carbocycles. The number of sulfonamides is 1. The number of likely N-dealkylation sites (N-methyl/N-ethyl adjacent to an activating group) is 1. The third-order valence-corrected chi connectivity index (χ3v) is 6.78. The van der Waals surface area contributed by atoms with Crippen LogP contribution < -0.4 is 0 Å². The summed E-state index contributed by atoms with van der Waals surface area (Å²) in [6.45, 7) is 5.53. The summed E-state index contributed by atoms with van der Waals surface area (Å²) in [6, 6.07) is 5.52. The number of methoxy groups -OCH3 is 1. The molecule has 1 fully saturated rings. The second kappa shape index (κ2) is 6.59. The number of hydrogen-bond acceptors (Lipinski definition) is 4. The van der Waals surface area contributed by atoms with Crippen LogP contribution in [0.5, 0.6) is 0 Å².